The molecule has 0 atom stereocenters. The van der Waals surface area contributed by atoms with Crippen LogP contribution in [0.15, 0.2) is 48.7 Å². The third-order valence-electron chi connectivity index (χ3n) is 6.86. The predicted molar refractivity (Wildman–Crippen MR) is 130 cm³/mol. The van der Waals surface area contributed by atoms with Crippen LogP contribution in [0.5, 0.6) is 0 Å². The van der Waals surface area contributed by atoms with E-state index in [1.807, 2.05) is 0 Å². The van der Waals surface area contributed by atoms with Crippen LogP contribution in [0.25, 0.3) is 27.3 Å². The third-order valence-corrected chi connectivity index (χ3v) is 24.8. The Balaban J connectivity index is 2.29. The van der Waals surface area contributed by atoms with Gasteiger partial charge in [-0.2, -0.15) is 0 Å². The van der Waals surface area contributed by atoms with E-state index < -0.39 is 26.5 Å². The summed E-state index contributed by atoms with van der Waals surface area (Å²) in [5, 5.41) is 5.64. The van der Waals surface area contributed by atoms with Crippen LogP contribution in [0.1, 0.15) is 20.8 Å². The van der Waals surface area contributed by atoms with Gasteiger partial charge in [-0.3, -0.25) is 0 Å². The van der Waals surface area contributed by atoms with E-state index in [4.69, 9.17) is 4.98 Å². The zero-order valence-corrected chi connectivity index (χ0v) is 22.0. The molecule has 146 valence electrons. The van der Waals surface area contributed by atoms with E-state index in [0.29, 0.717) is 0 Å². The van der Waals surface area contributed by atoms with Gasteiger partial charge >= 0.3 is 174 Å². The molecular weight excluding hydrogens is 463 g/mol. The number of hydrogen-bond donors (Lipinski definition) is 0. The van der Waals surface area contributed by atoms with Gasteiger partial charge in [0.25, 0.3) is 0 Å². The topological polar surface area (TPSA) is 17.3 Å². The Labute approximate surface area is 173 Å². The number of para-hydroxylation sites is 1. The summed E-state index contributed by atoms with van der Waals surface area (Å²) in [5.74, 6) is 0. The van der Waals surface area contributed by atoms with E-state index in [-0.39, 0.29) is 0 Å². The van der Waals surface area contributed by atoms with Gasteiger partial charge in [-0.05, 0) is 0 Å². The molecule has 2 heterocycles. The van der Waals surface area contributed by atoms with Gasteiger partial charge < -0.3 is 0 Å². The molecule has 0 aliphatic rings. The Morgan fingerprint density at radius 3 is 2.14 bits per heavy atom. The van der Waals surface area contributed by atoms with Crippen molar-refractivity contribution in [2.24, 2.45) is 0 Å². The summed E-state index contributed by atoms with van der Waals surface area (Å²) in [6, 6.07) is 16.0. The predicted octanol–water partition coefficient (Wildman–Crippen LogP) is 5.90. The van der Waals surface area contributed by atoms with Crippen molar-refractivity contribution in [3.05, 3.63) is 48.7 Å². The summed E-state index contributed by atoms with van der Waals surface area (Å²) in [6.45, 7) is 14.6. The number of aromatic nitrogens is 2. The van der Waals surface area contributed by atoms with E-state index in [0.717, 1.165) is 0 Å². The Hall–Kier alpha value is -1.33. The van der Waals surface area contributed by atoms with Crippen LogP contribution >= 0.6 is 0 Å². The van der Waals surface area contributed by atoms with Gasteiger partial charge in [-0.1, -0.05) is 0 Å². The molecule has 28 heavy (non-hydrogen) atoms. The molecule has 0 unspecified atom stereocenters. The van der Waals surface area contributed by atoms with Gasteiger partial charge in [-0.25, -0.2) is 0 Å². The Morgan fingerprint density at radius 1 is 0.857 bits per heavy atom. The average molecular weight is 495 g/mol. The summed E-state index contributed by atoms with van der Waals surface area (Å²) < 4.78 is 8.28. The molecule has 0 saturated carbocycles. The van der Waals surface area contributed by atoms with Gasteiger partial charge in [0.05, 0.1) is 0 Å². The fourth-order valence-corrected chi connectivity index (χ4v) is 17.4. The molecule has 0 fully saturated rings. The Kier molecular flexibility index (Phi) is 5.11. The van der Waals surface area contributed by atoms with Crippen molar-refractivity contribution in [3.63, 3.8) is 0 Å². The fourth-order valence-electron chi connectivity index (χ4n) is 4.98. The van der Waals surface area contributed by atoms with E-state index in [2.05, 4.69) is 93.5 Å². The summed E-state index contributed by atoms with van der Waals surface area (Å²) in [4.78, 5) is 5.07. The molecular formula is C24H32N2SiSn. The second kappa shape index (κ2) is 7.17. The van der Waals surface area contributed by atoms with Crippen LogP contribution in [-0.4, -0.2) is 35.8 Å². The van der Waals surface area contributed by atoms with Crippen LogP contribution in [0.4, 0.5) is 0 Å². The minimum atomic E-state index is -2.43. The first-order chi connectivity index (χ1) is 13.4. The Bertz CT molecular complexity index is 1160. The summed E-state index contributed by atoms with van der Waals surface area (Å²) >= 11 is -2.43. The van der Waals surface area contributed by atoms with Crippen molar-refractivity contribution in [2.45, 2.75) is 53.7 Å². The van der Waals surface area contributed by atoms with Crippen molar-refractivity contribution in [1.82, 2.24) is 9.38 Å². The van der Waals surface area contributed by atoms with Crippen LogP contribution in [0, 0.1) is 0 Å². The van der Waals surface area contributed by atoms with E-state index >= 15 is 0 Å². The average Bonchev–Trinajstić information content (AvgIpc) is 3.16. The molecule has 2 aromatic carbocycles. The molecule has 0 bridgehead atoms. The molecule has 0 spiro atoms. The quantitative estimate of drug-likeness (QED) is 0.249. The van der Waals surface area contributed by atoms with Crippen molar-refractivity contribution >= 4 is 62.7 Å². The fraction of sp³-hybridized carbons (Fsp3) is 0.375. The molecule has 4 aromatic rings. The van der Waals surface area contributed by atoms with E-state index in [9.17, 15) is 0 Å². The van der Waals surface area contributed by atoms with Crippen LogP contribution in [0.3, 0.4) is 0 Å². The zero-order chi connectivity index (χ0) is 20.1. The number of pyridine rings is 1. The van der Waals surface area contributed by atoms with Crippen LogP contribution in [-0.2, 0) is 0 Å². The van der Waals surface area contributed by atoms with Crippen molar-refractivity contribution < 1.29 is 0 Å². The van der Waals surface area contributed by atoms with Crippen molar-refractivity contribution in [1.29, 1.82) is 0 Å². The van der Waals surface area contributed by atoms with Gasteiger partial charge in [0.1, 0.15) is 0 Å². The van der Waals surface area contributed by atoms with Crippen LogP contribution < -0.4 is 8.90 Å². The number of hydrogen-bond acceptors (Lipinski definition) is 1. The Morgan fingerprint density at radius 2 is 1.50 bits per heavy atom. The zero-order valence-electron chi connectivity index (χ0n) is 18.1. The SMILES string of the molecule is C[CH2][Sn]([CH2]C)([CH2]C)[c]1cccc2c3ccccc3n3c([Si](C)(C)C)cnc3c12. The van der Waals surface area contributed by atoms with Gasteiger partial charge in [0, 0.05) is 0 Å². The minimum absolute atomic E-state index is 1.19. The molecule has 0 radical (unpaired) electrons. The molecule has 0 aliphatic heterocycles. The standard InChI is InChI=1S/C18H17N2Si.3C2H5.Sn/c1-21(2,3)17-12-19-18-15-10-5-4-8-13(15)14-9-6-7-11-16(14)20(17)18;3*1-2;/h4-9,11-12H,1-3H3;3*1H2,2H3;. The first-order valence-corrected chi connectivity index (χ1v) is 21.7. The maximum atomic E-state index is 5.07. The number of nitrogens with zero attached hydrogens (tertiary/aromatic N) is 2. The van der Waals surface area contributed by atoms with Crippen molar-refractivity contribution in [3.8, 4) is 0 Å². The molecule has 2 aromatic heterocycles. The molecule has 2 nitrogen and oxygen atoms in total. The third kappa shape index (κ3) is 2.85. The molecule has 0 aliphatic carbocycles. The summed E-state index contributed by atoms with van der Waals surface area (Å²) in [6.07, 6.45) is 2.17. The van der Waals surface area contributed by atoms with Crippen LogP contribution in [0.2, 0.25) is 33.0 Å². The second-order valence-corrected chi connectivity index (χ2v) is 29.1. The molecule has 4 rings (SSSR count). The molecule has 0 N–H and O–H groups in total. The normalized spacial score (nSPS) is 13.1. The summed E-state index contributed by atoms with van der Waals surface area (Å²) in [7, 11) is -1.52. The number of fused-ring (bicyclic) bond motifs is 6. The van der Waals surface area contributed by atoms with E-state index in [1.165, 1.54) is 45.9 Å². The molecule has 0 saturated heterocycles. The molecule has 0 amide bonds. The first-order valence-electron chi connectivity index (χ1n) is 10.7. The number of rotatable bonds is 5. The number of benzene rings is 2. The maximum absolute atomic E-state index is 5.07. The van der Waals surface area contributed by atoms with Gasteiger partial charge in [0.2, 0.25) is 0 Å². The second-order valence-electron chi connectivity index (χ2n) is 9.14. The van der Waals surface area contributed by atoms with Gasteiger partial charge in [-0.15, -0.1) is 0 Å². The van der Waals surface area contributed by atoms with E-state index in [1.54, 1.807) is 3.58 Å². The molecule has 4 heteroatoms. The van der Waals surface area contributed by atoms with Gasteiger partial charge in [0.15, 0.2) is 0 Å². The number of imidazole rings is 1. The first kappa shape index (κ1) is 20.0. The summed E-state index contributed by atoms with van der Waals surface area (Å²) in [5.41, 5.74) is 2.50. The van der Waals surface area contributed by atoms with Crippen molar-refractivity contribution in [2.75, 3.05) is 0 Å². The monoisotopic (exact) mass is 496 g/mol.